The molecule has 0 bridgehead atoms. The number of carbonyl (C=O) groups excluding carboxylic acids is 2. The van der Waals surface area contributed by atoms with Gasteiger partial charge in [0.05, 0.1) is 30.3 Å². The van der Waals surface area contributed by atoms with Gasteiger partial charge in [0.15, 0.2) is 0 Å². The number of methoxy groups -OCH3 is 1. The zero-order chi connectivity index (χ0) is 20.0. The maximum atomic E-state index is 13.3. The van der Waals surface area contributed by atoms with Gasteiger partial charge in [0.25, 0.3) is 5.91 Å². The summed E-state index contributed by atoms with van der Waals surface area (Å²) in [7, 11) is 1.35. The normalized spacial score (nSPS) is 21.4. The van der Waals surface area contributed by atoms with E-state index in [9.17, 15) is 9.59 Å². The average molecular weight is 390 g/mol. The summed E-state index contributed by atoms with van der Waals surface area (Å²) in [5.74, 6) is -0.448. The number of ether oxygens (including phenoxy) is 1. The third-order valence-corrected chi connectivity index (χ3v) is 6.15. The van der Waals surface area contributed by atoms with Crippen molar-refractivity contribution in [2.24, 2.45) is 0 Å². The smallest absolute Gasteiger partial charge is 0.337 e. The van der Waals surface area contributed by atoms with Gasteiger partial charge in [-0.15, -0.1) is 5.10 Å². The summed E-state index contributed by atoms with van der Waals surface area (Å²) in [6.45, 7) is 0.559. The van der Waals surface area contributed by atoms with Crippen molar-refractivity contribution in [2.45, 2.75) is 44.3 Å². The SMILES string of the molecule is COC(=O)c1ccc2c(c1)C(=O)N([C@@H]1CCCC[C@H]1n1nnc3ccccc31)C2. The number of hydrogen-bond donors (Lipinski definition) is 0. The Balaban J connectivity index is 1.49. The van der Waals surface area contributed by atoms with Crippen LogP contribution in [0.15, 0.2) is 42.5 Å². The molecule has 1 amide bonds. The summed E-state index contributed by atoms with van der Waals surface area (Å²) in [6, 6.07) is 13.3. The number of rotatable bonds is 3. The maximum Gasteiger partial charge on any atom is 0.337 e. The molecule has 3 aromatic rings. The lowest BCUT2D eigenvalue weighted by Gasteiger charge is -2.38. The quantitative estimate of drug-likeness (QED) is 0.641. The van der Waals surface area contributed by atoms with Crippen molar-refractivity contribution in [3.63, 3.8) is 0 Å². The van der Waals surface area contributed by atoms with E-state index in [2.05, 4.69) is 10.3 Å². The van der Waals surface area contributed by atoms with Crippen LogP contribution in [0.4, 0.5) is 0 Å². The number of benzene rings is 2. The molecule has 7 heteroatoms. The van der Waals surface area contributed by atoms with E-state index in [-0.39, 0.29) is 18.0 Å². The monoisotopic (exact) mass is 390 g/mol. The molecule has 1 saturated carbocycles. The van der Waals surface area contributed by atoms with Crippen LogP contribution in [0.2, 0.25) is 0 Å². The Labute approximate surface area is 168 Å². The predicted molar refractivity (Wildman–Crippen MR) is 106 cm³/mol. The lowest BCUT2D eigenvalue weighted by atomic mass is 9.89. The van der Waals surface area contributed by atoms with Crippen LogP contribution in [0.5, 0.6) is 0 Å². The number of aromatic nitrogens is 3. The van der Waals surface area contributed by atoms with Gasteiger partial charge in [-0.2, -0.15) is 0 Å². The first-order chi connectivity index (χ1) is 14.2. The van der Waals surface area contributed by atoms with Crippen molar-refractivity contribution in [2.75, 3.05) is 7.11 Å². The van der Waals surface area contributed by atoms with Gasteiger partial charge in [-0.3, -0.25) is 4.79 Å². The standard InChI is InChI=1S/C22H22N4O3/c1-29-22(28)14-10-11-15-13-25(21(27)16(15)12-14)19-8-4-5-9-20(19)26-18-7-3-2-6-17(18)23-24-26/h2-3,6-7,10-12,19-20H,4-5,8-9,13H2,1H3/t19-,20-/m1/s1. The lowest BCUT2D eigenvalue weighted by molar-refractivity contribution is 0.0561. The molecular weight excluding hydrogens is 368 g/mol. The van der Waals surface area contributed by atoms with Gasteiger partial charge in [-0.05, 0) is 42.7 Å². The van der Waals surface area contributed by atoms with Gasteiger partial charge in [0.1, 0.15) is 5.52 Å². The van der Waals surface area contributed by atoms with Crippen molar-refractivity contribution in [1.82, 2.24) is 19.9 Å². The minimum absolute atomic E-state index is 0.0212. The Hall–Kier alpha value is -3.22. The number of amides is 1. The van der Waals surface area contributed by atoms with E-state index in [1.54, 1.807) is 12.1 Å². The van der Waals surface area contributed by atoms with Gasteiger partial charge in [-0.1, -0.05) is 36.3 Å². The maximum absolute atomic E-state index is 13.3. The largest absolute Gasteiger partial charge is 0.465 e. The molecule has 1 aromatic heterocycles. The molecule has 148 valence electrons. The fourth-order valence-electron chi connectivity index (χ4n) is 4.71. The van der Waals surface area contributed by atoms with E-state index in [0.717, 1.165) is 42.3 Å². The first kappa shape index (κ1) is 17.8. The topological polar surface area (TPSA) is 77.3 Å². The van der Waals surface area contributed by atoms with Crippen LogP contribution in [0.1, 0.15) is 58.0 Å². The predicted octanol–water partition coefficient (Wildman–Crippen LogP) is 3.36. The molecule has 29 heavy (non-hydrogen) atoms. The Morgan fingerprint density at radius 3 is 2.72 bits per heavy atom. The summed E-state index contributed by atoms with van der Waals surface area (Å²) >= 11 is 0. The average Bonchev–Trinajstić information content (AvgIpc) is 3.34. The van der Waals surface area contributed by atoms with Crippen LogP contribution in [0.25, 0.3) is 11.0 Å². The molecular formula is C22H22N4O3. The molecule has 1 fully saturated rings. The van der Waals surface area contributed by atoms with Crippen LogP contribution >= 0.6 is 0 Å². The van der Waals surface area contributed by atoms with Gasteiger partial charge < -0.3 is 9.64 Å². The molecule has 0 spiro atoms. The van der Waals surface area contributed by atoms with E-state index in [0.29, 0.717) is 17.7 Å². The zero-order valence-corrected chi connectivity index (χ0v) is 16.2. The van der Waals surface area contributed by atoms with Crippen molar-refractivity contribution in [3.8, 4) is 0 Å². The van der Waals surface area contributed by atoms with Crippen LogP contribution in [0, 0.1) is 0 Å². The highest BCUT2D eigenvalue weighted by Crippen LogP contribution is 2.37. The molecule has 5 rings (SSSR count). The van der Waals surface area contributed by atoms with E-state index in [1.165, 1.54) is 7.11 Å². The van der Waals surface area contributed by atoms with Crippen LogP contribution in [0.3, 0.4) is 0 Å². The molecule has 2 heterocycles. The van der Waals surface area contributed by atoms with Gasteiger partial charge in [0, 0.05) is 12.1 Å². The third-order valence-electron chi connectivity index (χ3n) is 6.15. The second-order valence-electron chi connectivity index (χ2n) is 7.74. The number of carbonyl (C=O) groups is 2. The van der Waals surface area contributed by atoms with E-state index in [1.807, 2.05) is 39.9 Å². The second kappa shape index (κ2) is 6.99. The Bertz CT molecular complexity index is 1110. The molecule has 2 aromatic carbocycles. The summed E-state index contributed by atoms with van der Waals surface area (Å²) in [6.07, 6.45) is 4.09. The first-order valence-electron chi connectivity index (χ1n) is 9.99. The van der Waals surface area contributed by atoms with Gasteiger partial charge >= 0.3 is 5.97 Å². The molecule has 2 aliphatic rings. The third kappa shape index (κ3) is 2.88. The van der Waals surface area contributed by atoms with Crippen LogP contribution in [-0.2, 0) is 11.3 Å². The minimum atomic E-state index is -0.427. The molecule has 0 unspecified atom stereocenters. The number of esters is 1. The summed E-state index contributed by atoms with van der Waals surface area (Å²) in [5, 5.41) is 8.74. The molecule has 1 aliphatic carbocycles. The molecule has 0 N–H and O–H groups in total. The number of para-hydroxylation sites is 1. The van der Waals surface area contributed by atoms with E-state index >= 15 is 0 Å². The molecule has 0 saturated heterocycles. The number of fused-ring (bicyclic) bond motifs is 2. The zero-order valence-electron chi connectivity index (χ0n) is 16.2. The van der Waals surface area contributed by atoms with Gasteiger partial charge in [0.2, 0.25) is 0 Å². The molecule has 7 nitrogen and oxygen atoms in total. The number of hydrogen-bond acceptors (Lipinski definition) is 5. The van der Waals surface area contributed by atoms with Crippen molar-refractivity contribution in [3.05, 3.63) is 59.2 Å². The lowest BCUT2D eigenvalue weighted by Crippen LogP contribution is -2.43. The highest BCUT2D eigenvalue weighted by atomic mass is 16.5. The van der Waals surface area contributed by atoms with Crippen LogP contribution < -0.4 is 0 Å². The molecule has 1 aliphatic heterocycles. The highest BCUT2D eigenvalue weighted by molar-refractivity contribution is 6.01. The van der Waals surface area contributed by atoms with Crippen molar-refractivity contribution in [1.29, 1.82) is 0 Å². The molecule has 2 atom stereocenters. The van der Waals surface area contributed by atoms with Crippen molar-refractivity contribution < 1.29 is 14.3 Å². The number of nitrogens with zero attached hydrogens (tertiary/aromatic N) is 4. The summed E-state index contributed by atoms with van der Waals surface area (Å²) in [5.41, 5.74) is 3.83. The fourth-order valence-corrected chi connectivity index (χ4v) is 4.71. The second-order valence-corrected chi connectivity index (χ2v) is 7.74. The fraction of sp³-hybridized carbons (Fsp3) is 0.364. The summed E-state index contributed by atoms with van der Waals surface area (Å²) < 4.78 is 6.79. The van der Waals surface area contributed by atoms with Crippen LogP contribution in [-0.4, -0.2) is 44.9 Å². The van der Waals surface area contributed by atoms with Gasteiger partial charge in [-0.25, -0.2) is 9.48 Å². The van der Waals surface area contributed by atoms with Crippen molar-refractivity contribution >= 4 is 22.9 Å². The highest BCUT2D eigenvalue weighted by Gasteiger charge is 2.39. The molecule has 0 radical (unpaired) electrons. The Morgan fingerprint density at radius 2 is 1.90 bits per heavy atom. The van der Waals surface area contributed by atoms with E-state index < -0.39 is 5.97 Å². The summed E-state index contributed by atoms with van der Waals surface area (Å²) in [4.78, 5) is 27.1. The first-order valence-corrected chi connectivity index (χ1v) is 9.99. The minimum Gasteiger partial charge on any atom is -0.465 e. The van der Waals surface area contributed by atoms with E-state index in [4.69, 9.17) is 4.74 Å². The Morgan fingerprint density at radius 1 is 1.10 bits per heavy atom. The Kier molecular flexibility index (Phi) is 4.30.